The van der Waals surface area contributed by atoms with Crippen LogP contribution in [0.5, 0.6) is 0 Å². The second kappa shape index (κ2) is 6.66. The van der Waals surface area contributed by atoms with E-state index in [-0.39, 0.29) is 6.61 Å². The second-order valence-corrected chi connectivity index (χ2v) is 4.51. The highest BCUT2D eigenvalue weighted by Gasteiger charge is 2.07. The number of halogens is 1. The number of benzene rings is 1. The third-order valence-electron chi connectivity index (χ3n) is 2.41. The third kappa shape index (κ3) is 3.61. The molecule has 1 aromatic rings. The molecule has 0 heterocycles. The van der Waals surface area contributed by atoms with Crippen LogP contribution in [0.2, 0.25) is 0 Å². The molecule has 0 aliphatic heterocycles. The van der Waals surface area contributed by atoms with Gasteiger partial charge in [0.25, 0.3) is 0 Å². The summed E-state index contributed by atoms with van der Waals surface area (Å²) in [6, 6.07) is 5.85. The highest BCUT2D eigenvalue weighted by molar-refractivity contribution is 9.10. The largest absolute Gasteiger partial charge is 0.396 e. The minimum atomic E-state index is 0.201. The fourth-order valence-electron chi connectivity index (χ4n) is 1.53. The van der Waals surface area contributed by atoms with Gasteiger partial charge < -0.3 is 15.8 Å². The molecule has 4 heteroatoms. The minimum Gasteiger partial charge on any atom is -0.396 e. The van der Waals surface area contributed by atoms with Gasteiger partial charge in [-0.05, 0) is 37.5 Å². The molecule has 0 saturated heterocycles. The summed E-state index contributed by atoms with van der Waals surface area (Å²) < 4.78 is 1.00. The Hall–Kier alpha value is -0.870. The maximum atomic E-state index is 8.70. The van der Waals surface area contributed by atoms with Crippen LogP contribution in [0.25, 0.3) is 0 Å². The van der Waals surface area contributed by atoms with Gasteiger partial charge in [0.05, 0.1) is 0 Å². The van der Waals surface area contributed by atoms with E-state index in [1.165, 1.54) is 0 Å². The van der Waals surface area contributed by atoms with E-state index in [9.17, 15) is 0 Å². The molecule has 0 aromatic heterocycles. The Morgan fingerprint density at radius 2 is 2.19 bits per heavy atom. The molecule has 0 radical (unpaired) electrons. The first-order valence-corrected chi connectivity index (χ1v) is 6.14. The lowest BCUT2D eigenvalue weighted by atomic mass is 10.0. The van der Waals surface area contributed by atoms with E-state index >= 15 is 0 Å². The Balaban J connectivity index is 2.74. The second-order valence-electron chi connectivity index (χ2n) is 3.60. The predicted octanol–water partition coefficient (Wildman–Crippen LogP) is 3.02. The van der Waals surface area contributed by atoms with Gasteiger partial charge in [0.2, 0.25) is 0 Å². The molecule has 0 aliphatic rings. The Kier molecular flexibility index (Phi) is 5.49. The molecular formula is C12H17BrN2O. The van der Waals surface area contributed by atoms with Crippen molar-refractivity contribution in [2.45, 2.75) is 19.3 Å². The molecule has 0 bridgehead atoms. The van der Waals surface area contributed by atoms with Crippen LogP contribution in [0, 0.1) is 5.41 Å². The standard InChI is InChI=1S/C12H17BrN2O/c1-15-12-8-9(13)5-6-10(12)11(14)4-2-3-7-16/h5-6,8,14-16H,2-4,7H2,1H3. The topological polar surface area (TPSA) is 56.1 Å². The van der Waals surface area contributed by atoms with Gasteiger partial charge in [-0.25, -0.2) is 0 Å². The lowest BCUT2D eigenvalue weighted by molar-refractivity contribution is 0.285. The van der Waals surface area contributed by atoms with E-state index in [0.717, 1.165) is 28.6 Å². The lowest BCUT2D eigenvalue weighted by Gasteiger charge is -2.10. The highest BCUT2D eigenvalue weighted by Crippen LogP contribution is 2.22. The van der Waals surface area contributed by atoms with Crippen molar-refractivity contribution in [2.24, 2.45) is 0 Å². The van der Waals surface area contributed by atoms with Gasteiger partial charge in [-0.2, -0.15) is 0 Å². The number of hydrogen-bond acceptors (Lipinski definition) is 3. The highest BCUT2D eigenvalue weighted by atomic mass is 79.9. The molecule has 3 nitrogen and oxygen atoms in total. The predicted molar refractivity (Wildman–Crippen MR) is 71.5 cm³/mol. The van der Waals surface area contributed by atoms with Crippen LogP contribution < -0.4 is 5.32 Å². The maximum Gasteiger partial charge on any atom is 0.0440 e. The first-order valence-electron chi connectivity index (χ1n) is 5.35. The number of nitrogens with one attached hydrogen (secondary N) is 2. The number of aliphatic hydroxyl groups excluding tert-OH is 1. The fourth-order valence-corrected chi connectivity index (χ4v) is 1.90. The van der Waals surface area contributed by atoms with Gasteiger partial charge in [-0.1, -0.05) is 15.9 Å². The number of rotatable bonds is 6. The van der Waals surface area contributed by atoms with Gasteiger partial charge >= 0.3 is 0 Å². The van der Waals surface area contributed by atoms with E-state index in [1.54, 1.807) is 0 Å². The summed E-state index contributed by atoms with van der Waals surface area (Å²) in [6.07, 6.45) is 2.32. The molecule has 0 fully saturated rings. The van der Waals surface area contributed by atoms with Crippen molar-refractivity contribution in [1.82, 2.24) is 0 Å². The number of unbranched alkanes of at least 4 members (excludes halogenated alkanes) is 1. The Labute approximate surface area is 105 Å². The molecular weight excluding hydrogens is 268 g/mol. The van der Waals surface area contributed by atoms with E-state index in [4.69, 9.17) is 10.5 Å². The lowest BCUT2D eigenvalue weighted by Crippen LogP contribution is -2.04. The summed E-state index contributed by atoms with van der Waals surface area (Å²) in [6.45, 7) is 0.201. The smallest absolute Gasteiger partial charge is 0.0440 e. The molecule has 1 rings (SSSR count). The summed E-state index contributed by atoms with van der Waals surface area (Å²) in [7, 11) is 1.85. The van der Waals surface area contributed by atoms with Gasteiger partial charge in [0, 0.05) is 35.1 Å². The first kappa shape index (κ1) is 13.2. The average molecular weight is 285 g/mol. The zero-order chi connectivity index (χ0) is 12.0. The SMILES string of the molecule is CNc1cc(Br)ccc1C(=N)CCCCO. The maximum absolute atomic E-state index is 8.70. The van der Waals surface area contributed by atoms with Gasteiger partial charge in [0.1, 0.15) is 0 Å². The van der Waals surface area contributed by atoms with Crippen molar-refractivity contribution < 1.29 is 5.11 Å². The third-order valence-corrected chi connectivity index (χ3v) is 2.90. The summed E-state index contributed by atoms with van der Waals surface area (Å²) in [4.78, 5) is 0. The van der Waals surface area contributed by atoms with Crippen LogP contribution in [0.3, 0.4) is 0 Å². The molecule has 1 aromatic carbocycles. The summed E-state index contributed by atoms with van der Waals surface area (Å²) in [5.41, 5.74) is 2.51. The van der Waals surface area contributed by atoms with Crippen molar-refractivity contribution >= 4 is 27.3 Å². The zero-order valence-corrected chi connectivity index (χ0v) is 11.0. The van der Waals surface area contributed by atoms with E-state index in [0.29, 0.717) is 12.1 Å². The number of anilines is 1. The first-order chi connectivity index (χ1) is 7.69. The van der Waals surface area contributed by atoms with Crippen molar-refractivity contribution in [3.8, 4) is 0 Å². The Morgan fingerprint density at radius 3 is 2.81 bits per heavy atom. The Bertz CT molecular complexity index is 366. The molecule has 0 spiro atoms. The fraction of sp³-hybridized carbons (Fsp3) is 0.417. The zero-order valence-electron chi connectivity index (χ0n) is 9.39. The van der Waals surface area contributed by atoms with Crippen molar-refractivity contribution in [3.63, 3.8) is 0 Å². The summed E-state index contributed by atoms with van der Waals surface area (Å²) >= 11 is 3.41. The van der Waals surface area contributed by atoms with Crippen LogP contribution in [0.1, 0.15) is 24.8 Å². The van der Waals surface area contributed by atoms with E-state index in [1.807, 2.05) is 25.2 Å². The molecule has 0 unspecified atom stereocenters. The average Bonchev–Trinajstić information content (AvgIpc) is 2.29. The van der Waals surface area contributed by atoms with Crippen LogP contribution in [0.4, 0.5) is 5.69 Å². The normalized spacial score (nSPS) is 10.2. The molecule has 16 heavy (non-hydrogen) atoms. The van der Waals surface area contributed by atoms with E-state index in [2.05, 4.69) is 21.2 Å². The van der Waals surface area contributed by atoms with Crippen LogP contribution >= 0.6 is 15.9 Å². The van der Waals surface area contributed by atoms with Crippen molar-refractivity contribution in [1.29, 1.82) is 5.41 Å². The Morgan fingerprint density at radius 1 is 1.44 bits per heavy atom. The molecule has 88 valence electrons. The molecule has 0 saturated carbocycles. The van der Waals surface area contributed by atoms with Gasteiger partial charge in [-0.15, -0.1) is 0 Å². The molecule has 3 N–H and O–H groups in total. The van der Waals surface area contributed by atoms with Crippen molar-refractivity contribution in [3.05, 3.63) is 28.2 Å². The van der Waals surface area contributed by atoms with Crippen LogP contribution in [0.15, 0.2) is 22.7 Å². The summed E-state index contributed by atoms with van der Waals surface area (Å²) in [5.74, 6) is 0. The monoisotopic (exact) mass is 284 g/mol. The van der Waals surface area contributed by atoms with Gasteiger partial charge in [0.15, 0.2) is 0 Å². The van der Waals surface area contributed by atoms with E-state index < -0.39 is 0 Å². The molecule has 0 atom stereocenters. The van der Waals surface area contributed by atoms with Crippen LogP contribution in [-0.4, -0.2) is 24.5 Å². The molecule has 0 amide bonds. The number of hydrogen-bond donors (Lipinski definition) is 3. The van der Waals surface area contributed by atoms with Crippen LogP contribution in [-0.2, 0) is 0 Å². The quantitative estimate of drug-likeness (QED) is 0.556. The molecule has 0 aliphatic carbocycles. The number of aliphatic hydroxyl groups is 1. The minimum absolute atomic E-state index is 0.201. The van der Waals surface area contributed by atoms with Gasteiger partial charge in [-0.3, -0.25) is 0 Å². The van der Waals surface area contributed by atoms with Crippen molar-refractivity contribution in [2.75, 3.05) is 19.0 Å². The summed E-state index contributed by atoms with van der Waals surface area (Å²) in [5, 5.41) is 19.8.